The van der Waals surface area contributed by atoms with Gasteiger partial charge in [-0.2, -0.15) is 8.42 Å². The minimum atomic E-state index is -4.08. The van der Waals surface area contributed by atoms with Crippen LogP contribution in [0.2, 0.25) is 0 Å². The van der Waals surface area contributed by atoms with Crippen molar-refractivity contribution in [1.29, 1.82) is 0 Å². The first-order chi connectivity index (χ1) is 9.70. The van der Waals surface area contributed by atoms with Gasteiger partial charge in [0.25, 0.3) is 15.8 Å². The number of nitro benzene ring substituents is 1. The Morgan fingerprint density at radius 1 is 1.48 bits per heavy atom. The van der Waals surface area contributed by atoms with Crippen molar-refractivity contribution < 1.29 is 27.0 Å². The highest BCUT2D eigenvalue weighted by molar-refractivity contribution is 7.86. The highest BCUT2D eigenvalue weighted by Crippen LogP contribution is 2.24. The predicted octanol–water partition coefficient (Wildman–Crippen LogP) is 1.45. The highest BCUT2D eigenvalue weighted by atomic mass is 32.2. The number of nitrogens with zero attached hydrogens (tertiary/aromatic N) is 1. The summed E-state index contributed by atoms with van der Waals surface area (Å²) in [4.78, 5) is 9.71. The quantitative estimate of drug-likeness (QED) is 0.460. The van der Waals surface area contributed by atoms with Gasteiger partial charge in [-0.3, -0.25) is 14.3 Å². The number of rotatable bonds is 5. The van der Waals surface area contributed by atoms with E-state index in [1.54, 1.807) is 13.8 Å². The summed E-state index contributed by atoms with van der Waals surface area (Å²) in [7, 11) is -4.08. The van der Waals surface area contributed by atoms with Crippen molar-refractivity contribution in [3.63, 3.8) is 0 Å². The van der Waals surface area contributed by atoms with Gasteiger partial charge in [-0.15, -0.1) is 0 Å². The Hall–Kier alpha value is -1.55. The predicted molar refractivity (Wildman–Crippen MR) is 71.1 cm³/mol. The second kappa shape index (κ2) is 5.68. The first kappa shape index (κ1) is 15.8. The van der Waals surface area contributed by atoms with Gasteiger partial charge in [0.1, 0.15) is 11.0 Å². The van der Waals surface area contributed by atoms with E-state index in [2.05, 4.69) is 0 Å². The van der Waals surface area contributed by atoms with Crippen molar-refractivity contribution in [2.24, 2.45) is 0 Å². The van der Waals surface area contributed by atoms with Crippen molar-refractivity contribution in [2.75, 3.05) is 13.2 Å². The molecule has 8 nitrogen and oxygen atoms in total. The van der Waals surface area contributed by atoms with Crippen LogP contribution in [0.3, 0.4) is 0 Å². The smallest absolute Gasteiger partial charge is 0.297 e. The molecule has 1 atom stereocenters. The maximum Gasteiger partial charge on any atom is 0.297 e. The summed E-state index contributed by atoms with van der Waals surface area (Å²) in [5.41, 5.74) is -0.318. The van der Waals surface area contributed by atoms with Crippen LogP contribution in [0.1, 0.15) is 13.8 Å². The molecule has 0 spiro atoms. The monoisotopic (exact) mass is 317 g/mol. The van der Waals surface area contributed by atoms with Gasteiger partial charge in [0.2, 0.25) is 0 Å². The van der Waals surface area contributed by atoms with Crippen LogP contribution >= 0.6 is 0 Å². The molecule has 21 heavy (non-hydrogen) atoms. The Bertz CT molecular complexity index is 641. The minimum Gasteiger partial charge on any atom is -0.348 e. The molecular formula is C12H15NO7S. The van der Waals surface area contributed by atoms with E-state index in [0.717, 1.165) is 6.07 Å². The summed E-state index contributed by atoms with van der Waals surface area (Å²) in [6, 6.07) is 4.67. The number of ether oxygens (including phenoxy) is 2. The Morgan fingerprint density at radius 3 is 2.76 bits per heavy atom. The lowest BCUT2D eigenvalue weighted by Gasteiger charge is -2.16. The SMILES string of the molecule is CC1(C)OCC(COS(=O)(=O)c2cccc([N+](=O)[O-])c2)O1. The molecule has 1 aromatic rings. The van der Waals surface area contributed by atoms with Gasteiger partial charge in [-0.1, -0.05) is 6.07 Å². The van der Waals surface area contributed by atoms with Crippen LogP contribution in [-0.2, 0) is 23.8 Å². The van der Waals surface area contributed by atoms with Crippen LogP contribution in [0.4, 0.5) is 5.69 Å². The van der Waals surface area contributed by atoms with Crippen LogP contribution in [-0.4, -0.2) is 38.4 Å². The maximum absolute atomic E-state index is 12.0. The van der Waals surface area contributed by atoms with Crippen LogP contribution in [0.25, 0.3) is 0 Å². The van der Waals surface area contributed by atoms with Crippen LogP contribution in [0.5, 0.6) is 0 Å². The molecule has 1 aliphatic heterocycles. The number of non-ortho nitro benzene ring substituents is 1. The molecule has 0 radical (unpaired) electrons. The van der Waals surface area contributed by atoms with Gasteiger partial charge in [-0.25, -0.2) is 0 Å². The summed E-state index contributed by atoms with van der Waals surface area (Å²) in [6.45, 7) is 3.43. The molecule has 1 aromatic carbocycles. The van der Waals surface area contributed by atoms with E-state index >= 15 is 0 Å². The zero-order valence-corrected chi connectivity index (χ0v) is 12.3. The third-order valence-electron chi connectivity index (χ3n) is 2.79. The third-order valence-corrected chi connectivity index (χ3v) is 4.07. The van der Waals surface area contributed by atoms with Crippen molar-refractivity contribution in [3.8, 4) is 0 Å². The molecule has 0 N–H and O–H groups in total. The lowest BCUT2D eigenvalue weighted by atomic mass is 10.3. The molecule has 1 unspecified atom stereocenters. The number of nitro groups is 1. The molecule has 116 valence electrons. The second-order valence-corrected chi connectivity index (χ2v) is 6.56. The summed E-state index contributed by atoms with van der Waals surface area (Å²) in [6.07, 6.45) is -0.506. The molecule has 1 aliphatic rings. The third kappa shape index (κ3) is 3.97. The van der Waals surface area contributed by atoms with Gasteiger partial charge in [0.05, 0.1) is 18.1 Å². The van der Waals surface area contributed by atoms with E-state index in [0.29, 0.717) is 0 Å². The largest absolute Gasteiger partial charge is 0.348 e. The number of benzene rings is 1. The van der Waals surface area contributed by atoms with Gasteiger partial charge in [0, 0.05) is 12.1 Å². The Balaban J connectivity index is 2.05. The molecule has 1 heterocycles. The summed E-state index contributed by atoms with van der Waals surface area (Å²) in [5.74, 6) is -0.774. The van der Waals surface area contributed by atoms with Crippen molar-refractivity contribution in [2.45, 2.75) is 30.6 Å². The lowest BCUT2D eigenvalue weighted by Crippen LogP contribution is -2.25. The standard InChI is InChI=1S/C12H15NO7S/c1-12(2)18-7-10(20-12)8-19-21(16,17)11-5-3-4-9(6-11)13(14)15/h3-6,10H,7-8H2,1-2H3. The zero-order chi connectivity index (χ0) is 15.7. The Labute approximate surface area is 121 Å². The van der Waals surface area contributed by atoms with Crippen molar-refractivity contribution >= 4 is 15.8 Å². The van der Waals surface area contributed by atoms with Gasteiger partial charge < -0.3 is 9.47 Å². The first-order valence-corrected chi connectivity index (χ1v) is 7.56. The van der Waals surface area contributed by atoms with Gasteiger partial charge in [0.15, 0.2) is 5.79 Å². The molecule has 0 aliphatic carbocycles. The first-order valence-electron chi connectivity index (χ1n) is 6.15. The van der Waals surface area contributed by atoms with E-state index in [-0.39, 0.29) is 23.8 Å². The topological polar surface area (TPSA) is 105 Å². The van der Waals surface area contributed by atoms with Crippen LogP contribution in [0, 0.1) is 10.1 Å². The van der Waals surface area contributed by atoms with Crippen molar-refractivity contribution in [1.82, 2.24) is 0 Å². The summed E-state index contributed by atoms with van der Waals surface area (Å²) in [5, 5.41) is 10.7. The molecular weight excluding hydrogens is 302 g/mol. The van der Waals surface area contributed by atoms with Crippen molar-refractivity contribution in [3.05, 3.63) is 34.4 Å². The number of hydrogen-bond acceptors (Lipinski definition) is 7. The van der Waals surface area contributed by atoms with E-state index in [4.69, 9.17) is 13.7 Å². The molecule has 0 saturated carbocycles. The Kier molecular flexibility index (Phi) is 4.28. The molecule has 0 bridgehead atoms. The fourth-order valence-electron chi connectivity index (χ4n) is 1.83. The summed E-state index contributed by atoms with van der Waals surface area (Å²) >= 11 is 0. The molecule has 0 aromatic heterocycles. The average Bonchev–Trinajstić information content (AvgIpc) is 2.76. The zero-order valence-electron chi connectivity index (χ0n) is 11.5. The molecule has 1 fully saturated rings. The molecule has 2 rings (SSSR count). The van der Waals surface area contributed by atoms with Crippen LogP contribution in [0.15, 0.2) is 29.2 Å². The molecule has 1 saturated heterocycles. The van der Waals surface area contributed by atoms with Gasteiger partial charge in [-0.05, 0) is 19.9 Å². The fourth-order valence-corrected chi connectivity index (χ4v) is 2.81. The van der Waals surface area contributed by atoms with E-state index in [1.165, 1.54) is 18.2 Å². The van der Waals surface area contributed by atoms with E-state index in [9.17, 15) is 18.5 Å². The number of hydrogen-bond donors (Lipinski definition) is 0. The Morgan fingerprint density at radius 2 is 2.19 bits per heavy atom. The molecule has 9 heteroatoms. The average molecular weight is 317 g/mol. The van der Waals surface area contributed by atoms with E-state index < -0.39 is 26.9 Å². The second-order valence-electron chi connectivity index (χ2n) is 4.94. The lowest BCUT2D eigenvalue weighted by molar-refractivity contribution is -0.385. The fraction of sp³-hybridized carbons (Fsp3) is 0.500. The maximum atomic E-state index is 12.0. The molecule has 0 amide bonds. The highest BCUT2D eigenvalue weighted by Gasteiger charge is 2.34. The van der Waals surface area contributed by atoms with Crippen LogP contribution < -0.4 is 0 Å². The van der Waals surface area contributed by atoms with E-state index in [1.807, 2.05) is 0 Å². The minimum absolute atomic E-state index is 0.214. The normalized spacial score (nSPS) is 21.3. The van der Waals surface area contributed by atoms with Gasteiger partial charge >= 0.3 is 0 Å². The summed E-state index contributed by atoms with van der Waals surface area (Å²) < 4.78 is 39.6.